The van der Waals surface area contributed by atoms with Gasteiger partial charge in [0, 0.05) is 27.2 Å². The molecule has 1 atom stereocenters. The lowest BCUT2D eigenvalue weighted by molar-refractivity contribution is -0.0333. The minimum absolute atomic E-state index is 0.425. The molecule has 1 aliphatic heterocycles. The Morgan fingerprint density at radius 1 is 0.769 bits per heavy atom. The third kappa shape index (κ3) is 3.94. The first-order chi connectivity index (χ1) is 12.7. The normalized spacial score (nSPS) is 20.6. The van der Waals surface area contributed by atoms with Gasteiger partial charge in [0.05, 0.1) is 0 Å². The summed E-state index contributed by atoms with van der Waals surface area (Å²) < 4.78 is 12.3. The Kier molecular flexibility index (Phi) is 5.28. The summed E-state index contributed by atoms with van der Waals surface area (Å²) in [7, 11) is 0. The second-order valence-corrected chi connectivity index (χ2v) is 7.64. The highest BCUT2D eigenvalue weighted by atomic mass is 35.5. The highest BCUT2D eigenvalue weighted by molar-refractivity contribution is 6.30. The first kappa shape index (κ1) is 17.6. The lowest BCUT2D eigenvalue weighted by Gasteiger charge is -2.24. The Labute approximate surface area is 163 Å². The minimum Gasteiger partial charge on any atom is -0.444 e. The van der Waals surface area contributed by atoms with Gasteiger partial charge in [-0.1, -0.05) is 54.6 Å². The van der Waals surface area contributed by atoms with Gasteiger partial charge in [-0.05, 0) is 49.2 Å². The Hall–Kier alpha value is -1.84. The summed E-state index contributed by atoms with van der Waals surface area (Å²) in [5, 5.41) is 4.96. The van der Waals surface area contributed by atoms with Gasteiger partial charge in [-0.2, -0.15) is 0 Å². The van der Waals surface area contributed by atoms with Crippen LogP contribution in [0.15, 0.2) is 54.4 Å². The molecule has 0 spiro atoms. The SMILES string of the molecule is Clc1ccc(C2=C(NC3CCCCC3)OC(c3ccc(Cl)cc3)O2)cc1. The van der Waals surface area contributed by atoms with Crippen LogP contribution in [0.1, 0.15) is 49.5 Å². The number of benzene rings is 2. The van der Waals surface area contributed by atoms with Gasteiger partial charge in [-0.25, -0.2) is 0 Å². The molecule has 26 heavy (non-hydrogen) atoms. The molecule has 0 radical (unpaired) electrons. The van der Waals surface area contributed by atoms with E-state index in [2.05, 4.69) is 5.32 Å². The van der Waals surface area contributed by atoms with Gasteiger partial charge in [0.25, 0.3) is 6.29 Å². The van der Waals surface area contributed by atoms with E-state index in [0.29, 0.717) is 22.0 Å². The van der Waals surface area contributed by atoms with Crippen molar-refractivity contribution in [1.82, 2.24) is 5.32 Å². The van der Waals surface area contributed by atoms with E-state index in [1.54, 1.807) is 0 Å². The number of hydrogen-bond acceptors (Lipinski definition) is 3. The van der Waals surface area contributed by atoms with Gasteiger partial charge >= 0.3 is 0 Å². The molecular formula is C21H21Cl2NO2. The van der Waals surface area contributed by atoms with Gasteiger partial charge in [0.2, 0.25) is 5.88 Å². The van der Waals surface area contributed by atoms with Crippen LogP contribution in [0.5, 0.6) is 0 Å². The maximum absolute atomic E-state index is 6.18. The lowest BCUT2D eigenvalue weighted by Crippen LogP contribution is -2.31. The molecule has 3 nitrogen and oxygen atoms in total. The monoisotopic (exact) mass is 389 g/mol. The van der Waals surface area contributed by atoms with E-state index in [9.17, 15) is 0 Å². The fourth-order valence-electron chi connectivity index (χ4n) is 3.43. The molecule has 4 rings (SSSR count). The zero-order chi connectivity index (χ0) is 17.9. The van der Waals surface area contributed by atoms with Crippen molar-refractivity contribution < 1.29 is 9.47 Å². The standard InChI is InChI=1S/C21H21Cl2NO2/c22-16-10-6-14(7-11-16)19-20(24-18-4-2-1-3-5-18)26-21(25-19)15-8-12-17(23)13-9-15/h6-13,18,21,24H,1-5H2. The van der Waals surface area contributed by atoms with Crippen LogP contribution in [0.3, 0.4) is 0 Å². The van der Waals surface area contributed by atoms with E-state index in [4.69, 9.17) is 32.7 Å². The Balaban J connectivity index is 1.60. The average Bonchev–Trinajstić information content (AvgIpc) is 3.07. The fraction of sp³-hybridized carbons (Fsp3) is 0.333. The maximum atomic E-state index is 6.18. The average molecular weight is 390 g/mol. The van der Waals surface area contributed by atoms with Crippen LogP contribution < -0.4 is 5.32 Å². The number of ether oxygens (including phenoxy) is 2. The summed E-state index contributed by atoms with van der Waals surface area (Å²) in [4.78, 5) is 0. The van der Waals surface area contributed by atoms with E-state index in [-0.39, 0.29) is 0 Å². The lowest BCUT2D eigenvalue weighted by atomic mass is 9.95. The molecule has 1 unspecified atom stereocenters. The largest absolute Gasteiger partial charge is 0.444 e. The summed E-state index contributed by atoms with van der Waals surface area (Å²) in [6.45, 7) is 0. The van der Waals surface area contributed by atoms with E-state index in [1.165, 1.54) is 19.3 Å². The van der Waals surface area contributed by atoms with Crippen molar-refractivity contribution in [2.24, 2.45) is 0 Å². The van der Waals surface area contributed by atoms with Gasteiger partial charge < -0.3 is 14.8 Å². The first-order valence-corrected chi connectivity index (χ1v) is 9.80. The Morgan fingerprint density at radius 3 is 2.04 bits per heavy atom. The molecule has 1 fully saturated rings. The van der Waals surface area contributed by atoms with Crippen LogP contribution in [-0.2, 0) is 9.47 Å². The van der Waals surface area contributed by atoms with Crippen molar-refractivity contribution in [3.63, 3.8) is 0 Å². The molecule has 136 valence electrons. The molecule has 1 aliphatic carbocycles. The number of rotatable bonds is 4. The minimum atomic E-state index is -0.482. The van der Waals surface area contributed by atoms with Crippen molar-refractivity contribution in [3.05, 3.63) is 75.6 Å². The van der Waals surface area contributed by atoms with E-state index in [1.807, 2.05) is 48.5 Å². The molecule has 1 N–H and O–H groups in total. The van der Waals surface area contributed by atoms with Gasteiger partial charge in [-0.3, -0.25) is 0 Å². The predicted octanol–water partition coefficient (Wildman–Crippen LogP) is 6.29. The topological polar surface area (TPSA) is 30.5 Å². The highest BCUT2D eigenvalue weighted by Crippen LogP contribution is 2.38. The summed E-state index contributed by atoms with van der Waals surface area (Å²) >= 11 is 12.0. The molecule has 2 aliphatic rings. The zero-order valence-corrected chi connectivity index (χ0v) is 15.9. The number of nitrogens with one attached hydrogen (secondary N) is 1. The molecule has 2 aromatic carbocycles. The van der Waals surface area contributed by atoms with Gasteiger partial charge in [0.1, 0.15) is 0 Å². The van der Waals surface area contributed by atoms with Crippen LogP contribution in [0.25, 0.3) is 5.76 Å². The van der Waals surface area contributed by atoms with Crippen molar-refractivity contribution in [3.8, 4) is 0 Å². The van der Waals surface area contributed by atoms with Gasteiger partial charge in [-0.15, -0.1) is 0 Å². The van der Waals surface area contributed by atoms with Crippen LogP contribution in [0, 0.1) is 0 Å². The molecule has 2 aromatic rings. The maximum Gasteiger partial charge on any atom is 0.269 e. The van der Waals surface area contributed by atoms with E-state index >= 15 is 0 Å². The van der Waals surface area contributed by atoms with Crippen LogP contribution in [-0.4, -0.2) is 6.04 Å². The first-order valence-electron chi connectivity index (χ1n) is 9.04. The third-order valence-electron chi connectivity index (χ3n) is 4.84. The summed E-state index contributed by atoms with van der Waals surface area (Å²) in [5.41, 5.74) is 1.88. The smallest absolute Gasteiger partial charge is 0.269 e. The fourth-order valence-corrected chi connectivity index (χ4v) is 3.69. The molecule has 0 amide bonds. The molecule has 5 heteroatoms. The molecule has 1 heterocycles. The van der Waals surface area contributed by atoms with Crippen molar-refractivity contribution in [2.75, 3.05) is 0 Å². The quantitative estimate of drug-likeness (QED) is 0.666. The summed E-state index contributed by atoms with van der Waals surface area (Å²) in [6.07, 6.45) is 5.65. The second-order valence-electron chi connectivity index (χ2n) is 6.76. The van der Waals surface area contributed by atoms with Crippen LogP contribution >= 0.6 is 23.2 Å². The summed E-state index contributed by atoms with van der Waals surface area (Å²) in [5.74, 6) is 1.44. The zero-order valence-electron chi connectivity index (χ0n) is 14.4. The Bertz CT molecular complexity index is 781. The molecular weight excluding hydrogens is 369 g/mol. The molecule has 0 bridgehead atoms. The number of halogens is 2. The van der Waals surface area contributed by atoms with E-state index in [0.717, 1.165) is 29.7 Å². The third-order valence-corrected chi connectivity index (χ3v) is 5.35. The van der Waals surface area contributed by atoms with Crippen molar-refractivity contribution >= 4 is 29.0 Å². The van der Waals surface area contributed by atoms with Crippen molar-refractivity contribution in [1.29, 1.82) is 0 Å². The second kappa shape index (κ2) is 7.81. The van der Waals surface area contributed by atoms with Crippen LogP contribution in [0.2, 0.25) is 10.0 Å². The predicted molar refractivity (Wildman–Crippen MR) is 105 cm³/mol. The molecule has 1 saturated carbocycles. The van der Waals surface area contributed by atoms with Crippen LogP contribution in [0.4, 0.5) is 0 Å². The highest BCUT2D eigenvalue weighted by Gasteiger charge is 2.31. The summed E-state index contributed by atoms with van der Waals surface area (Å²) in [6, 6.07) is 15.6. The Morgan fingerprint density at radius 2 is 1.38 bits per heavy atom. The molecule has 0 aromatic heterocycles. The van der Waals surface area contributed by atoms with E-state index < -0.39 is 6.29 Å². The number of hydrogen-bond donors (Lipinski definition) is 1. The van der Waals surface area contributed by atoms with Crippen molar-refractivity contribution in [2.45, 2.75) is 44.4 Å². The van der Waals surface area contributed by atoms with Gasteiger partial charge in [0.15, 0.2) is 5.76 Å². The molecule has 0 saturated heterocycles.